The fourth-order valence-corrected chi connectivity index (χ4v) is 1.85. The normalized spacial score (nSPS) is 11.8. The molecule has 0 spiro atoms. The van der Waals surface area contributed by atoms with Gasteiger partial charge in [-0.25, -0.2) is 0 Å². The van der Waals surface area contributed by atoms with E-state index >= 15 is 0 Å². The summed E-state index contributed by atoms with van der Waals surface area (Å²) in [6.45, 7) is 0.184. The Balaban J connectivity index is 1.84. The summed E-state index contributed by atoms with van der Waals surface area (Å²) >= 11 is 0. The smallest absolute Gasteiger partial charge is 0.325 e. The van der Waals surface area contributed by atoms with E-state index in [9.17, 15) is 14.7 Å². The van der Waals surface area contributed by atoms with E-state index < -0.39 is 12.0 Å². The number of rotatable bonds is 7. The third kappa shape index (κ3) is 4.47. The van der Waals surface area contributed by atoms with Crippen molar-refractivity contribution < 1.29 is 19.1 Å². The Morgan fingerprint density at radius 2 is 1.90 bits per heavy atom. The van der Waals surface area contributed by atoms with E-state index in [-0.39, 0.29) is 19.0 Å². The van der Waals surface area contributed by atoms with Crippen molar-refractivity contribution in [1.29, 1.82) is 0 Å². The van der Waals surface area contributed by atoms with Crippen LogP contribution in [0.15, 0.2) is 53.1 Å². The number of hydrogen-bond donors (Lipinski definition) is 3. The Morgan fingerprint density at radius 3 is 2.52 bits per heavy atom. The van der Waals surface area contributed by atoms with Crippen LogP contribution >= 0.6 is 0 Å². The van der Waals surface area contributed by atoms with Crippen LogP contribution in [0, 0.1) is 0 Å². The summed E-state index contributed by atoms with van der Waals surface area (Å²) in [5, 5.41) is 14.6. The zero-order chi connectivity index (χ0) is 15.1. The number of carboxylic acid groups (broad SMARTS) is 1. The highest BCUT2D eigenvalue weighted by atomic mass is 16.4. The molecule has 2 aromatic rings. The van der Waals surface area contributed by atoms with E-state index in [4.69, 9.17) is 4.42 Å². The number of amides is 1. The van der Waals surface area contributed by atoms with Gasteiger partial charge in [0.15, 0.2) is 0 Å². The van der Waals surface area contributed by atoms with Gasteiger partial charge in [-0.3, -0.25) is 14.9 Å². The molecule has 21 heavy (non-hydrogen) atoms. The van der Waals surface area contributed by atoms with Crippen LogP contribution in [0.25, 0.3) is 0 Å². The molecular formula is C15H16N2O4. The molecule has 1 atom stereocenters. The van der Waals surface area contributed by atoms with Crippen LogP contribution in [-0.2, 0) is 16.1 Å². The van der Waals surface area contributed by atoms with E-state index in [1.165, 1.54) is 6.26 Å². The van der Waals surface area contributed by atoms with Crippen molar-refractivity contribution >= 4 is 11.9 Å². The predicted molar refractivity (Wildman–Crippen MR) is 75.4 cm³/mol. The minimum absolute atomic E-state index is 0.0907. The first-order valence-corrected chi connectivity index (χ1v) is 6.47. The second kappa shape index (κ2) is 7.25. The molecule has 0 saturated carbocycles. The van der Waals surface area contributed by atoms with Crippen LogP contribution in [0.3, 0.4) is 0 Å². The molecule has 0 radical (unpaired) electrons. The second-order valence-electron chi connectivity index (χ2n) is 4.42. The van der Waals surface area contributed by atoms with Crippen molar-refractivity contribution in [2.45, 2.75) is 12.6 Å². The highest BCUT2D eigenvalue weighted by molar-refractivity contribution is 5.80. The molecule has 1 unspecified atom stereocenters. The zero-order valence-corrected chi connectivity index (χ0v) is 11.3. The van der Waals surface area contributed by atoms with E-state index in [0.717, 1.165) is 0 Å². The minimum atomic E-state index is -1.03. The zero-order valence-electron chi connectivity index (χ0n) is 11.3. The molecule has 6 heteroatoms. The largest absolute Gasteiger partial charge is 0.480 e. The van der Waals surface area contributed by atoms with Crippen LogP contribution in [0.4, 0.5) is 0 Å². The summed E-state index contributed by atoms with van der Waals surface area (Å²) in [6.07, 6.45) is 1.52. The first kappa shape index (κ1) is 14.8. The van der Waals surface area contributed by atoms with Crippen LogP contribution < -0.4 is 10.6 Å². The molecule has 2 rings (SSSR count). The first-order chi connectivity index (χ1) is 10.2. The van der Waals surface area contributed by atoms with Gasteiger partial charge in [0.2, 0.25) is 5.91 Å². The van der Waals surface area contributed by atoms with Crippen molar-refractivity contribution in [3.63, 3.8) is 0 Å². The van der Waals surface area contributed by atoms with E-state index in [0.29, 0.717) is 11.3 Å². The van der Waals surface area contributed by atoms with Gasteiger partial charge in [0, 0.05) is 0 Å². The summed E-state index contributed by atoms with van der Waals surface area (Å²) in [5.74, 6) is -0.685. The Morgan fingerprint density at radius 1 is 1.14 bits per heavy atom. The van der Waals surface area contributed by atoms with Crippen molar-refractivity contribution in [3.8, 4) is 0 Å². The maximum Gasteiger partial charge on any atom is 0.325 e. The molecule has 0 aliphatic heterocycles. The standard InChI is InChI=1S/C15H16N2O4/c18-13(16-9-12-7-4-8-21-12)10-17-14(15(19)20)11-5-2-1-3-6-11/h1-8,14,17H,9-10H2,(H,16,18)(H,19,20). The van der Waals surface area contributed by atoms with Gasteiger partial charge in [-0.1, -0.05) is 30.3 Å². The molecule has 0 saturated heterocycles. The Hall–Kier alpha value is -2.60. The van der Waals surface area contributed by atoms with Gasteiger partial charge >= 0.3 is 5.97 Å². The molecule has 3 N–H and O–H groups in total. The third-order valence-corrected chi connectivity index (χ3v) is 2.89. The third-order valence-electron chi connectivity index (χ3n) is 2.89. The van der Waals surface area contributed by atoms with E-state index in [1.54, 1.807) is 42.5 Å². The fraction of sp³-hybridized carbons (Fsp3) is 0.200. The van der Waals surface area contributed by atoms with Gasteiger partial charge < -0.3 is 14.8 Å². The molecule has 6 nitrogen and oxygen atoms in total. The molecule has 1 amide bonds. The van der Waals surface area contributed by atoms with Gasteiger partial charge in [0.25, 0.3) is 0 Å². The minimum Gasteiger partial charge on any atom is -0.480 e. The van der Waals surface area contributed by atoms with Crippen molar-refractivity contribution in [3.05, 3.63) is 60.1 Å². The Labute approximate surface area is 121 Å². The number of carbonyl (C=O) groups is 2. The lowest BCUT2D eigenvalue weighted by atomic mass is 10.1. The molecule has 0 aliphatic rings. The number of carboxylic acids is 1. The average molecular weight is 288 g/mol. The summed E-state index contributed by atoms with van der Waals surface area (Å²) in [6, 6.07) is 11.3. The molecular weight excluding hydrogens is 272 g/mol. The Bertz CT molecular complexity index is 581. The van der Waals surface area contributed by atoms with Gasteiger partial charge in [-0.2, -0.15) is 0 Å². The fourth-order valence-electron chi connectivity index (χ4n) is 1.85. The highest BCUT2D eigenvalue weighted by Gasteiger charge is 2.19. The van der Waals surface area contributed by atoms with Crippen molar-refractivity contribution in [1.82, 2.24) is 10.6 Å². The van der Waals surface area contributed by atoms with Crippen molar-refractivity contribution in [2.24, 2.45) is 0 Å². The van der Waals surface area contributed by atoms with Crippen LogP contribution in [0.5, 0.6) is 0 Å². The average Bonchev–Trinajstić information content (AvgIpc) is 2.99. The highest BCUT2D eigenvalue weighted by Crippen LogP contribution is 2.12. The van der Waals surface area contributed by atoms with Gasteiger partial charge in [0.1, 0.15) is 11.8 Å². The maximum atomic E-state index is 11.7. The van der Waals surface area contributed by atoms with Crippen LogP contribution in [0.2, 0.25) is 0 Å². The number of furan rings is 1. The molecule has 110 valence electrons. The van der Waals surface area contributed by atoms with Crippen LogP contribution in [0.1, 0.15) is 17.4 Å². The van der Waals surface area contributed by atoms with E-state index in [1.807, 2.05) is 0 Å². The van der Waals surface area contributed by atoms with Gasteiger partial charge in [-0.15, -0.1) is 0 Å². The summed E-state index contributed by atoms with van der Waals surface area (Å²) < 4.78 is 5.09. The quantitative estimate of drug-likeness (QED) is 0.714. The van der Waals surface area contributed by atoms with Gasteiger partial charge in [-0.05, 0) is 17.7 Å². The number of aliphatic carboxylic acids is 1. The summed E-state index contributed by atoms with van der Waals surface area (Å²) in [7, 11) is 0. The maximum absolute atomic E-state index is 11.7. The summed E-state index contributed by atoms with van der Waals surface area (Å²) in [4.78, 5) is 22.9. The van der Waals surface area contributed by atoms with Gasteiger partial charge in [0.05, 0.1) is 19.4 Å². The molecule has 1 aromatic carbocycles. The molecule has 1 aromatic heterocycles. The topological polar surface area (TPSA) is 91.6 Å². The van der Waals surface area contributed by atoms with Crippen molar-refractivity contribution in [2.75, 3.05) is 6.54 Å². The Kier molecular flexibility index (Phi) is 5.11. The molecule has 0 aliphatic carbocycles. The number of benzene rings is 1. The first-order valence-electron chi connectivity index (χ1n) is 6.47. The molecule has 0 fully saturated rings. The lowest BCUT2D eigenvalue weighted by Crippen LogP contribution is -2.38. The lowest BCUT2D eigenvalue weighted by molar-refractivity contribution is -0.139. The number of nitrogens with one attached hydrogen (secondary N) is 2. The summed E-state index contributed by atoms with van der Waals surface area (Å²) in [5.41, 5.74) is 0.601. The number of hydrogen-bond acceptors (Lipinski definition) is 4. The predicted octanol–water partition coefficient (Wildman–Crippen LogP) is 1.31. The molecule has 0 bridgehead atoms. The SMILES string of the molecule is O=C(CNC(C(=O)O)c1ccccc1)NCc1ccco1. The monoisotopic (exact) mass is 288 g/mol. The lowest BCUT2D eigenvalue weighted by Gasteiger charge is -2.14. The number of carbonyl (C=O) groups excluding carboxylic acids is 1. The second-order valence-corrected chi connectivity index (χ2v) is 4.42. The van der Waals surface area contributed by atoms with Crippen LogP contribution in [-0.4, -0.2) is 23.5 Å². The molecule has 1 heterocycles. The van der Waals surface area contributed by atoms with E-state index in [2.05, 4.69) is 10.6 Å².